The van der Waals surface area contributed by atoms with E-state index in [4.69, 9.17) is 0 Å². The summed E-state index contributed by atoms with van der Waals surface area (Å²) in [6.07, 6.45) is 5.16. The van der Waals surface area contributed by atoms with Crippen molar-refractivity contribution in [2.45, 2.75) is 25.7 Å². The minimum absolute atomic E-state index is 0.157. The Kier molecular flexibility index (Phi) is 5.55. The molecule has 0 amide bonds. The molecule has 1 aliphatic rings. The van der Waals surface area contributed by atoms with Crippen molar-refractivity contribution in [3.63, 3.8) is 0 Å². The lowest BCUT2D eigenvalue weighted by atomic mass is 10.1. The first-order chi connectivity index (χ1) is 9.29. The van der Waals surface area contributed by atoms with Crippen molar-refractivity contribution < 1.29 is 4.79 Å². The average Bonchev–Trinajstić information content (AvgIpc) is 2.47. The third kappa shape index (κ3) is 4.44. The molecule has 19 heavy (non-hydrogen) atoms. The number of likely N-dealkylation sites (tertiary alicyclic amines) is 1. The molecule has 0 unspecified atom stereocenters. The molecule has 1 N–H and O–H groups in total. The first-order valence-electron chi connectivity index (χ1n) is 7.28. The second-order valence-electron chi connectivity index (χ2n) is 5.30. The van der Waals surface area contributed by atoms with Crippen molar-refractivity contribution in [2.75, 3.05) is 33.2 Å². The first kappa shape index (κ1) is 14.2. The Labute approximate surface area is 116 Å². The number of benzene rings is 1. The number of hydrogen-bond donors (Lipinski definition) is 1. The molecule has 0 atom stereocenters. The maximum Gasteiger partial charge on any atom is 0.176 e. The van der Waals surface area contributed by atoms with Gasteiger partial charge in [0.1, 0.15) is 0 Å². The van der Waals surface area contributed by atoms with Crippen LogP contribution in [0.1, 0.15) is 35.2 Å². The Morgan fingerprint density at radius 3 is 2.47 bits per heavy atom. The summed E-state index contributed by atoms with van der Waals surface area (Å²) in [5.74, 6) is 0.157. The predicted molar refractivity (Wildman–Crippen MR) is 78.7 cm³/mol. The Hall–Kier alpha value is -1.19. The van der Waals surface area contributed by atoms with Gasteiger partial charge in [0.15, 0.2) is 5.78 Å². The second kappa shape index (κ2) is 7.41. The highest BCUT2D eigenvalue weighted by molar-refractivity contribution is 5.97. The van der Waals surface area contributed by atoms with Crippen LogP contribution in [-0.2, 0) is 6.42 Å². The molecule has 104 valence electrons. The van der Waals surface area contributed by atoms with Crippen molar-refractivity contribution in [2.24, 2.45) is 0 Å². The van der Waals surface area contributed by atoms with E-state index in [2.05, 4.69) is 22.3 Å². The molecule has 2 rings (SSSR count). The van der Waals surface area contributed by atoms with E-state index in [9.17, 15) is 4.79 Å². The topological polar surface area (TPSA) is 32.3 Å². The van der Waals surface area contributed by atoms with Gasteiger partial charge in [-0.3, -0.25) is 4.79 Å². The highest BCUT2D eigenvalue weighted by Crippen LogP contribution is 2.11. The van der Waals surface area contributed by atoms with Crippen LogP contribution in [-0.4, -0.2) is 43.9 Å². The van der Waals surface area contributed by atoms with Crippen LogP contribution >= 0.6 is 0 Å². The minimum atomic E-state index is 0.157. The molecule has 1 fully saturated rings. The Morgan fingerprint density at radius 2 is 1.84 bits per heavy atom. The molecule has 3 nitrogen and oxygen atoms in total. The fraction of sp³-hybridized carbons (Fsp3) is 0.562. The third-order valence-electron chi connectivity index (χ3n) is 3.78. The standard InChI is InChI=1S/C16H24N2O/c1-17-13-16(19)15-7-5-14(6-8-15)9-12-18-10-3-2-4-11-18/h5-8,17H,2-4,9-13H2,1H3. The van der Waals surface area contributed by atoms with E-state index in [1.54, 1.807) is 7.05 Å². The number of piperidine rings is 1. The number of likely N-dealkylation sites (N-methyl/N-ethyl adjacent to an activating group) is 1. The SMILES string of the molecule is CNCC(=O)c1ccc(CCN2CCCCC2)cc1. The molecule has 0 radical (unpaired) electrons. The van der Waals surface area contributed by atoms with E-state index in [1.165, 1.54) is 37.9 Å². The molecule has 0 bridgehead atoms. The number of rotatable bonds is 6. The normalized spacial score (nSPS) is 16.5. The molecule has 0 spiro atoms. The van der Waals surface area contributed by atoms with Gasteiger partial charge in [-0.15, -0.1) is 0 Å². The van der Waals surface area contributed by atoms with Crippen molar-refractivity contribution in [3.8, 4) is 0 Å². The van der Waals surface area contributed by atoms with Crippen LogP contribution in [0.5, 0.6) is 0 Å². The zero-order valence-corrected chi connectivity index (χ0v) is 11.8. The maximum atomic E-state index is 11.7. The van der Waals surface area contributed by atoms with E-state index in [-0.39, 0.29) is 5.78 Å². The van der Waals surface area contributed by atoms with Gasteiger partial charge < -0.3 is 10.2 Å². The summed E-state index contributed by atoms with van der Waals surface area (Å²) in [7, 11) is 1.80. The minimum Gasteiger partial charge on any atom is -0.313 e. The number of carbonyl (C=O) groups excluding carboxylic acids is 1. The van der Waals surface area contributed by atoms with E-state index < -0.39 is 0 Å². The predicted octanol–water partition coefficient (Wildman–Crippen LogP) is 2.12. The molecule has 0 aromatic heterocycles. The van der Waals surface area contributed by atoms with Crippen LogP contribution in [0, 0.1) is 0 Å². The maximum absolute atomic E-state index is 11.7. The second-order valence-corrected chi connectivity index (χ2v) is 5.30. The molecule has 1 aliphatic heterocycles. The average molecular weight is 260 g/mol. The van der Waals surface area contributed by atoms with Crippen LogP contribution in [0.2, 0.25) is 0 Å². The van der Waals surface area contributed by atoms with E-state index in [0.29, 0.717) is 6.54 Å². The van der Waals surface area contributed by atoms with E-state index in [1.807, 2.05) is 12.1 Å². The molecule has 1 aromatic rings. The quantitative estimate of drug-likeness (QED) is 0.795. The Bertz CT molecular complexity index is 394. The van der Waals surface area contributed by atoms with Crippen LogP contribution in [0.3, 0.4) is 0 Å². The lowest BCUT2D eigenvalue weighted by Crippen LogP contribution is -2.31. The van der Waals surface area contributed by atoms with E-state index >= 15 is 0 Å². The van der Waals surface area contributed by atoms with Crippen LogP contribution < -0.4 is 5.32 Å². The van der Waals surface area contributed by atoms with Crippen molar-refractivity contribution in [3.05, 3.63) is 35.4 Å². The summed E-state index contributed by atoms with van der Waals surface area (Å²) in [5.41, 5.74) is 2.13. The molecular weight excluding hydrogens is 236 g/mol. The van der Waals surface area contributed by atoms with Crippen molar-refractivity contribution in [1.29, 1.82) is 0 Å². The van der Waals surface area contributed by atoms with Gasteiger partial charge in [-0.2, -0.15) is 0 Å². The monoisotopic (exact) mass is 260 g/mol. The summed E-state index contributed by atoms with van der Waals surface area (Å²) in [4.78, 5) is 14.2. The van der Waals surface area contributed by atoms with Crippen LogP contribution in [0.4, 0.5) is 0 Å². The molecule has 1 aromatic carbocycles. The van der Waals surface area contributed by atoms with Gasteiger partial charge in [-0.05, 0) is 45.0 Å². The molecule has 1 heterocycles. The Morgan fingerprint density at radius 1 is 1.16 bits per heavy atom. The smallest absolute Gasteiger partial charge is 0.176 e. The largest absolute Gasteiger partial charge is 0.313 e. The van der Waals surface area contributed by atoms with E-state index in [0.717, 1.165) is 18.5 Å². The summed E-state index contributed by atoms with van der Waals surface area (Å²) in [6, 6.07) is 8.08. The van der Waals surface area contributed by atoms with Gasteiger partial charge in [-0.1, -0.05) is 30.7 Å². The summed E-state index contributed by atoms with van der Waals surface area (Å²) < 4.78 is 0. The third-order valence-corrected chi connectivity index (χ3v) is 3.78. The highest BCUT2D eigenvalue weighted by atomic mass is 16.1. The van der Waals surface area contributed by atoms with Gasteiger partial charge >= 0.3 is 0 Å². The summed E-state index contributed by atoms with van der Waals surface area (Å²) >= 11 is 0. The Balaban J connectivity index is 1.82. The zero-order valence-electron chi connectivity index (χ0n) is 11.8. The van der Waals surface area contributed by atoms with Gasteiger partial charge in [0.05, 0.1) is 6.54 Å². The molecule has 1 saturated heterocycles. The summed E-state index contributed by atoms with van der Waals surface area (Å²) in [6.45, 7) is 4.05. The molecule has 0 saturated carbocycles. The van der Waals surface area contributed by atoms with Crippen LogP contribution in [0.15, 0.2) is 24.3 Å². The van der Waals surface area contributed by atoms with Crippen LogP contribution in [0.25, 0.3) is 0 Å². The lowest BCUT2D eigenvalue weighted by molar-refractivity contribution is 0.0993. The number of Topliss-reactive ketones (excluding diaryl/α,β-unsaturated/α-hetero) is 1. The zero-order chi connectivity index (χ0) is 13.5. The number of nitrogens with zero attached hydrogens (tertiary/aromatic N) is 1. The number of carbonyl (C=O) groups is 1. The highest BCUT2D eigenvalue weighted by Gasteiger charge is 2.10. The lowest BCUT2D eigenvalue weighted by Gasteiger charge is -2.26. The number of ketones is 1. The number of hydrogen-bond acceptors (Lipinski definition) is 3. The van der Waals surface area contributed by atoms with Gasteiger partial charge in [0.25, 0.3) is 0 Å². The van der Waals surface area contributed by atoms with Gasteiger partial charge in [0, 0.05) is 12.1 Å². The summed E-state index contributed by atoms with van der Waals surface area (Å²) in [5, 5.41) is 2.89. The van der Waals surface area contributed by atoms with Crippen molar-refractivity contribution >= 4 is 5.78 Å². The fourth-order valence-corrected chi connectivity index (χ4v) is 2.59. The van der Waals surface area contributed by atoms with Gasteiger partial charge in [-0.25, -0.2) is 0 Å². The first-order valence-corrected chi connectivity index (χ1v) is 7.28. The molecule has 3 heteroatoms. The van der Waals surface area contributed by atoms with Gasteiger partial charge in [0.2, 0.25) is 0 Å². The fourth-order valence-electron chi connectivity index (χ4n) is 2.59. The molecular formula is C16H24N2O. The number of nitrogens with one attached hydrogen (secondary N) is 1. The van der Waals surface area contributed by atoms with Crippen molar-refractivity contribution in [1.82, 2.24) is 10.2 Å². The molecule has 0 aliphatic carbocycles.